The fourth-order valence-electron chi connectivity index (χ4n) is 0.325. The molecule has 0 aromatic rings. The average Bonchev–Trinajstić information content (AvgIpc) is 1.99. The molecule has 0 rings (SSSR count). The van der Waals surface area contributed by atoms with Crippen molar-refractivity contribution in [3.63, 3.8) is 0 Å². The second-order valence-corrected chi connectivity index (χ2v) is 2.16. The lowest BCUT2D eigenvalue weighted by molar-refractivity contribution is -0.182. The molecule has 0 bridgehead atoms. The molecule has 8 heteroatoms. The number of hydrogen-bond acceptors (Lipinski definition) is 0. The first-order valence-corrected chi connectivity index (χ1v) is 2.94. The molecule has 0 saturated carbocycles. The van der Waals surface area contributed by atoms with Crippen molar-refractivity contribution >= 4 is 0 Å². The van der Waals surface area contributed by atoms with Crippen LogP contribution in [-0.4, -0.2) is 24.7 Å². The van der Waals surface area contributed by atoms with Crippen molar-refractivity contribution in [2.45, 2.75) is 18.0 Å². The predicted octanol–water partition coefficient (Wildman–Crippen LogP) is 2.79. The summed E-state index contributed by atoms with van der Waals surface area (Å²) < 4.78 is 93.0. The van der Waals surface area contributed by atoms with Gasteiger partial charge in [-0.3, -0.25) is 0 Å². The lowest BCUT2D eigenvalue weighted by Gasteiger charge is -2.18. The van der Waals surface area contributed by atoms with Crippen molar-refractivity contribution in [1.29, 1.82) is 0 Å². The van der Waals surface area contributed by atoms with E-state index in [0.29, 0.717) is 0 Å². The third-order valence-electron chi connectivity index (χ3n) is 0.988. The molecule has 82 valence electrons. The van der Waals surface area contributed by atoms with Gasteiger partial charge >= 0.3 is 18.0 Å². The highest BCUT2D eigenvalue weighted by atomic mass is 19.4. The fraction of sp³-hybridized carbons (Fsp3) is 0.667. The molecular weight excluding hydrogens is 224 g/mol. The molecule has 0 amide bonds. The second kappa shape index (κ2) is 3.63. The quantitative estimate of drug-likeness (QED) is 0.501. The molecule has 0 aromatic carbocycles. The minimum Gasteiger partial charge on any atom is -0.244 e. The molecule has 0 aliphatic heterocycles. The Bertz CT molecular complexity index is 251. The molecule has 0 radical (unpaired) electrons. The van der Waals surface area contributed by atoms with Crippen molar-refractivity contribution in [2.75, 3.05) is 6.67 Å². The molecular formula is C6H2F8. The monoisotopic (exact) mass is 226 g/mol. The van der Waals surface area contributed by atoms with E-state index in [9.17, 15) is 35.1 Å². The normalized spacial score (nSPS) is 13.4. The topological polar surface area (TPSA) is 0 Å². The van der Waals surface area contributed by atoms with Gasteiger partial charge in [-0.05, 0) is 5.92 Å². The highest BCUT2D eigenvalue weighted by Crippen LogP contribution is 2.34. The highest BCUT2D eigenvalue weighted by molar-refractivity contribution is 5.17. The zero-order valence-electron chi connectivity index (χ0n) is 6.23. The summed E-state index contributed by atoms with van der Waals surface area (Å²) in [5, 5.41) is 0. The molecule has 14 heavy (non-hydrogen) atoms. The van der Waals surface area contributed by atoms with Crippen molar-refractivity contribution in [3.8, 4) is 11.8 Å². The maximum absolute atomic E-state index is 12.1. The molecule has 0 N–H and O–H groups in total. The number of alkyl halides is 8. The summed E-state index contributed by atoms with van der Waals surface area (Å²) in [5.41, 5.74) is 0. The Morgan fingerprint density at radius 2 is 1.21 bits per heavy atom. The van der Waals surface area contributed by atoms with E-state index in [2.05, 4.69) is 0 Å². The first-order chi connectivity index (χ1) is 6.02. The van der Waals surface area contributed by atoms with Gasteiger partial charge in [0.1, 0.15) is 0 Å². The van der Waals surface area contributed by atoms with Gasteiger partial charge in [0.2, 0.25) is 0 Å². The number of halogens is 8. The van der Waals surface area contributed by atoms with Gasteiger partial charge in [0.25, 0.3) is 0 Å². The summed E-state index contributed by atoms with van der Waals surface area (Å²) in [5.74, 6) is -10.6. The summed E-state index contributed by atoms with van der Waals surface area (Å²) in [7, 11) is 0. The van der Waals surface area contributed by atoms with E-state index in [0.717, 1.165) is 0 Å². The van der Waals surface area contributed by atoms with E-state index >= 15 is 0 Å². The van der Waals surface area contributed by atoms with Crippen LogP contribution in [0.3, 0.4) is 0 Å². The molecule has 0 saturated heterocycles. The smallest absolute Gasteiger partial charge is 0.244 e. The van der Waals surface area contributed by atoms with Crippen molar-refractivity contribution in [3.05, 3.63) is 0 Å². The van der Waals surface area contributed by atoms with E-state index in [1.807, 2.05) is 0 Å². The van der Waals surface area contributed by atoms with Gasteiger partial charge in [0.05, 0.1) is 0 Å². The molecule has 0 fully saturated rings. The van der Waals surface area contributed by atoms with Crippen LogP contribution in [0.1, 0.15) is 0 Å². The number of hydrogen-bond donors (Lipinski definition) is 0. The fourth-order valence-corrected chi connectivity index (χ4v) is 0.325. The van der Waals surface area contributed by atoms with E-state index in [-0.39, 0.29) is 11.8 Å². The van der Waals surface area contributed by atoms with Crippen LogP contribution in [0, 0.1) is 11.8 Å². The molecule has 0 aliphatic carbocycles. The highest BCUT2D eigenvalue weighted by Gasteiger charge is 2.56. The molecule has 0 unspecified atom stereocenters. The van der Waals surface area contributed by atoms with Gasteiger partial charge in [0, 0.05) is 5.92 Å². The molecule has 0 aromatic heterocycles. The van der Waals surface area contributed by atoms with Crippen LogP contribution < -0.4 is 0 Å². The third kappa shape index (κ3) is 3.40. The molecule has 0 heterocycles. The first kappa shape index (κ1) is 13.0. The van der Waals surface area contributed by atoms with Gasteiger partial charge in [-0.25, -0.2) is 4.39 Å². The molecule has 0 spiro atoms. The summed E-state index contributed by atoms with van der Waals surface area (Å²) in [4.78, 5) is 0. The molecule has 0 atom stereocenters. The Hall–Kier alpha value is -1.00. The Kier molecular flexibility index (Phi) is 3.37. The Balaban J connectivity index is 4.88. The van der Waals surface area contributed by atoms with Gasteiger partial charge in [0.15, 0.2) is 6.67 Å². The van der Waals surface area contributed by atoms with E-state index < -0.39 is 24.7 Å². The first-order valence-electron chi connectivity index (χ1n) is 2.94. The van der Waals surface area contributed by atoms with Crippen molar-refractivity contribution < 1.29 is 35.1 Å². The standard InChI is InChI=1S/C6H2F8/c7-3-5(10,11)4(8,9)1-2-6(12,13)14/h3H2. The van der Waals surface area contributed by atoms with Crippen LogP contribution in [0.25, 0.3) is 0 Å². The lowest BCUT2D eigenvalue weighted by atomic mass is 10.2. The van der Waals surface area contributed by atoms with Crippen LogP contribution in [-0.2, 0) is 0 Å². The zero-order chi connectivity index (χ0) is 11.6. The SMILES string of the molecule is FCC(F)(F)C(F)(F)C#CC(F)(F)F. The van der Waals surface area contributed by atoms with Gasteiger partial charge in [-0.15, -0.1) is 0 Å². The average molecular weight is 226 g/mol. The molecule has 0 aliphatic rings. The van der Waals surface area contributed by atoms with Crippen LogP contribution in [0.5, 0.6) is 0 Å². The lowest BCUT2D eigenvalue weighted by Crippen LogP contribution is -2.41. The van der Waals surface area contributed by atoms with Gasteiger partial charge in [-0.1, -0.05) is 0 Å². The number of rotatable bonds is 2. The largest absolute Gasteiger partial charge is 0.457 e. The predicted molar refractivity (Wildman–Crippen MR) is 29.7 cm³/mol. The Morgan fingerprint density at radius 3 is 1.50 bits per heavy atom. The maximum Gasteiger partial charge on any atom is 0.457 e. The van der Waals surface area contributed by atoms with E-state index in [4.69, 9.17) is 0 Å². The third-order valence-corrected chi connectivity index (χ3v) is 0.988. The minimum absolute atomic E-state index is 0.00819. The Morgan fingerprint density at radius 1 is 0.786 bits per heavy atom. The summed E-state index contributed by atoms with van der Waals surface area (Å²) >= 11 is 0. The zero-order valence-corrected chi connectivity index (χ0v) is 6.23. The van der Waals surface area contributed by atoms with Crippen LogP contribution in [0.2, 0.25) is 0 Å². The maximum atomic E-state index is 12.1. The minimum atomic E-state index is -5.34. The summed E-state index contributed by atoms with van der Waals surface area (Å²) in [6, 6.07) is 0. The van der Waals surface area contributed by atoms with Crippen molar-refractivity contribution in [1.82, 2.24) is 0 Å². The molecule has 0 nitrogen and oxygen atoms in total. The van der Waals surface area contributed by atoms with Crippen LogP contribution in [0.4, 0.5) is 35.1 Å². The Labute approximate surface area is 72.9 Å². The summed E-state index contributed by atoms with van der Waals surface area (Å²) in [6.45, 7) is -2.79. The van der Waals surface area contributed by atoms with Crippen LogP contribution >= 0.6 is 0 Å². The second-order valence-electron chi connectivity index (χ2n) is 2.16. The van der Waals surface area contributed by atoms with E-state index in [1.165, 1.54) is 0 Å². The van der Waals surface area contributed by atoms with E-state index in [1.54, 1.807) is 0 Å². The van der Waals surface area contributed by atoms with Crippen LogP contribution in [0.15, 0.2) is 0 Å². The van der Waals surface area contributed by atoms with Gasteiger partial charge in [-0.2, -0.15) is 30.7 Å². The summed E-state index contributed by atoms with van der Waals surface area (Å²) in [6.07, 6.45) is -5.32. The van der Waals surface area contributed by atoms with Gasteiger partial charge < -0.3 is 0 Å². The van der Waals surface area contributed by atoms with Crippen molar-refractivity contribution in [2.24, 2.45) is 0 Å².